The predicted octanol–water partition coefficient (Wildman–Crippen LogP) is 3.60. The number of amides is 2. The van der Waals surface area contributed by atoms with E-state index in [2.05, 4.69) is 19.2 Å². The molecule has 0 unspecified atom stereocenters. The maximum Gasteiger partial charge on any atom is 0.256 e. The highest BCUT2D eigenvalue weighted by molar-refractivity contribution is 5.94. The zero-order chi connectivity index (χ0) is 22.0. The summed E-state index contributed by atoms with van der Waals surface area (Å²) in [6.07, 6.45) is 2.78. The highest BCUT2D eigenvalue weighted by Crippen LogP contribution is 2.36. The van der Waals surface area contributed by atoms with Crippen molar-refractivity contribution in [3.63, 3.8) is 0 Å². The van der Waals surface area contributed by atoms with Gasteiger partial charge in [0.25, 0.3) is 5.91 Å². The van der Waals surface area contributed by atoms with E-state index < -0.39 is 11.5 Å². The normalized spacial score (nSPS) is 21.5. The van der Waals surface area contributed by atoms with Gasteiger partial charge in [-0.25, -0.2) is 4.39 Å². The molecular formula is C25H30FN3O2. The van der Waals surface area contributed by atoms with E-state index in [1.54, 1.807) is 17.0 Å². The molecule has 2 aromatic carbocycles. The molecule has 0 saturated carbocycles. The van der Waals surface area contributed by atoms with E-state index in [0.717, 1.165) is 12.0 Å². The summed E-state index contributed by atoms with van der Waals surface area (Å²) in [4.78, 5) is 30.0. The van der Waals surface area contributed by atoms with Crippen molar-refractivity contribution in [2.45, 2.75) is 57.3 Å². The molecule has 2 aromatic rings. The van der Waals surface area contributed by atoms with Gasteiger partial charge in [0.1, 0.15) is 5.82 Å². The third-order valence-corrected chi connectivity index (χ3v) is 6.74. The first-order chi connectivity index (χ1) is 14.9. The smallest absolute Gasteiger partial charge is 0.256 e. The Bertz CT molecular complexity index is 941. The van der Waals surface area contributed by atoms with Crippen LogP contribution in [0, 0.1) is 5.82 Å². The molecule has 2 heterocycles. The molecule has 31 heavy (non-hydrogen) atoms. The number of nitrogens with one attached hydrogen (secondary N) is 1. The first kappa shape index (κ1) is 21.5. The lowest BCUT2D eigenvalue weighted by molar-refractivity contribution is -0.136. The van der Waals surface area contributed by atoms with E-state index in [-0.39, 0.29) is 29.5 Å². The minimum atomic E-state index is -0.494. The van der Waals surface area contributed by atoms with Crippen molar-refractivity contribution in [3.8, 4) is 0 Å². The Morgan fingerprint density at radius 1 is 1.13 bits per heavy atom. The van der Waals surface area contributed by atoms with Gasteiger partial charge in [0.2, 0.25) is 5.91 Å². The van der Waals surface area contributed by atoms with Crippen molar-refractivity contribution in [2.24, 2.45) is 0 Å². The molecule has 5 nitrogen and oxygen atoms in total. The largest absolute Gasteiger partial charge is 0.338 e. The van der Waals surface area contributed by atoms with E-state index in [4.69, 9.17) is 0 Å². The standard InChI is InChI=1S/C25H30FN3O2/c1-3-18(2)29-24(31)22(17-19-9-5-4-6-10-19)27-25(29)13-15-28(16-14-25)23(30)20-11-7-8-12-21(20)26/h4-12,18,22,27H,3,13-17H2,1-2H3/t18-,22-/m1/s1. The predicted molar refractivity (Wildman–Crippen MR) is 118 cm³/mol. The van der Waals surface area contributed by atoms with Gasteiger partial charge in [-0.3, -0.25) is 14.9 Å². The first-order valence-electron chi connectivity index (χ1n) is 11.1. The van der Waals surface area contributed by atoms with Gasteiger partial charge in [-0.05, 0) is 37.5 Å². The van der Waals surface area contributed by atoms with Crippen LogP contribution in [0.15, 0.2) is 54.6 Å². The molecule has 2 aliphatic rings. The van der Waals surface area contributed by atoms with Crippen LogP contribution in [0.25, 0.3) is 0 Å². The Balaban J connectivity index is 1.52. The SMILES string of the molecule is CC[C@@H](C)N1C(=O)[C@@H](Cc2ccccc2)NC12CCN(C(=O)c1ccccc1F)CC2. The van der Waals surface area contributed by atoms with Gasteiger partial charge in [-0.15, -0.1) is 0 Å². The molecule has 2 aliphatic heterocycles. The fourth-order valence-electron chi connectivity index (χ4n) is 4.91. The number of rotatable bonds is 5. The third-order valence-electron chi connectivity index (χ3n) is 6.74. The van der Waals surface area contributed by atoms with Gasteiger partial charge in [0, 0.05) is 32.0 Å². The number of benzene rings is 2. The average molecular weight is 424 g/mol. The maximum atomic E-state index is 14.1. The van der Waals surface area contributed by atoms with Gasteiger partial charge in [-0.2, -0.15) is 0 Å². The molecule has 0 aromatic heterocycles. The summed E-state index contributed by atoms with van der Waals surface area (Å²) in [7, 11) is 0. The van der Waals surface area contributed by atoms with Crippen LogP contribution in [0.3, 0.4) is 0 Å². The summed E-state index contributed by atoms with van der Waals surface area (Å²) in [5.74, 6) is -0.647. The van der Waals surface area contributed by atoms with Crippen molar-refractivity contribution < 1.29 is 14.0 Å². The second-order valence-corrected chi connectivity index (χ2v) is 8.66. The number of hydrogen-bond acceptors (Lipinski definition) is 3. The number of halogens is 1. The molecule has 0 bridgehead atoms. The zero-order valence-electron chi connectivity index (χ0n) is 18.2. The van der Waals surface area contributed by atoms with Crippen LogP contribution in [-0.4, -0.2) is 52.5 Å². The van der Waals surface area contributed by atoms with E-state index in [9.17, 15) is 14.0 Å². The molecule has 2 amide bonds. The van der Waals surface area contributed by atoms with Crippen LogP contribution in [0.1, 0.15) is 49.0 Å². The lowest BCUT2D eigenvalue weighted by Crippen LogP contribution is -2.61. The Labute approximate surface area is 183 Å². The van der Waals surface area contributed by atoms with Crippen LogP contribution in [0.5, 0.6) is 0 Å². The summed E-state index contributed by atoms with van der Waals surface area (Å²) in [6.45, 7) is 5.15. The Morgan fingerprint density at radius 2 is 1.77 bits per heavy atom. The van der Waals surface area contributed by atoms with E-state index >= 15 is 0 Å². The van der Waals surface area contributed by atoms with Gasteiger partial charge < -0.3 is 9.80 Å². The summed E-state index contributed by atoms with van der Waals surface area (Å²) in [5.41, 5.74) is 0.772. The summed E-state index contributed by atoms with van der Waals surface area (Å²) >= 11 is 0. The number of hydrogen-bond donors (Lipinski definition) is 1. The van der Waals surface area contributed by atoms with Crippen molar-refractivity contribution in [2.75, 3.05) is 13.1 Å². The molecule has 0 radical (unpaired) electrons. The van der Waals surface area contributed by atoms with Gasteiger partial charge >= 0.3 is 0 Å². The van der Waals surface area contributed by atoms with Gasteiger partial charge in [0.15, 0.2) is 0 Å². The summed E-state index contributed by atoms with van der Waals surface area (Å²) in [5, 5.41) is 3.64. The fraction of sp³-hybridized carbons (Fsp3) is 0.440. The lowest BCUT2D eigenvalue weighted by Gasteiger charge is -2.46. The number of piperidine rings is 1. The summed E-state index contributed by atoms with van der Waals surface area (Å²) < 4.78 is 14.1. The van der Waals surface area contributed by atoms with E-state index in [1.165, 1.54) is 12.1 Å². The van der Waals surface area contributed by atoms with Crippen LogP contribution < -0.4 is 5.32 Å². The minimum Gasteiger partial charge on any atom is -0.338 e. The number of carbonyl (C=O) groups is 2. The number of nitrogens with zero attached hydrogens (tertiary/aromatic N) is 2. The molecule has 0 aliphatic carbocycles. The van der Waals surface area contributed by atoms with Gasteiger partial charge in [-0.1, -0.05) is 49.4 Å². The number of likely N-dealkylation sites (tertiary alicyclic amines) is 1. The van der Waals surface area contributed by atoms with Crippen LogP contribution in [0.2, 0.25) is 0 Å². The molecule has 164 valence electrons. The van der Waals surface area contributed by atoms with Gasteiger partial charge in [0.05, 0.1) is 17.3 Å². The molecule has 2 fully saturated rings. The Morgan fingerprint density at radius 3 is 2.42 bits per heavy atom. The van der Waals surface area contributed by atoms with Crippen molar-refractivity contribution >= 4 is 11.8 Å². The fourth-order valence-corrected chi connectivity index (χ4v) is 4.91. The van der Waals surface area contributed by atoms with Crippen LogP contribution >= 0.6 is 0 Å². The highest BCUT2D eigenvalue weighted by atomic mass is 19.1. The lowest BCUT2D eigenvalue weighted by atomic mass is 9.93. The first-order valence-corrected chi connectivity index (χ1v) is 11.1. The molecule has 1 N–H and O–H groups in total. The molecule has 1 spiro atoms. The van der Waals surface area contributed by atoms with E-state index in [0.29, 0.717) is 32.4 Å². The average Bonchev–Trinajstić information content (AvgIpc) is 3.05. The van der Waals surface area contributed by atoms with Crippen molar-refractivity contribution in [1.82, 2.24) is 15.1 Å². The number of carbonyl (C=O) groups excluding carboxylic acids is 2. The quantitative estimate of drug-likeness (QED) is 0.800. The second-order valence-electron chi connectivity index (χ2n) is 8.66. The topological polar surface area (TPSA) is 52.7 Å². The molecule has 6 heteroatoms. The summed E-state index contributed by atoms with van der Waals surface area (Å²) in [6, 6.07) is 16.0. The van der Waals surface area contributed by atoms with Crippen LogP contribution in [0.4, 0.5) is 4.39 Å². The van der Waals surface area contributed by atoms with E-state index in [1.807, 2.05) is 35.2 Å². The molecular weight excluding hydrogens is 393 g/mol. The van der Waals surface area contributed by atoms with Crippen molar-refractivity contribution in [1.29, 1.82) is 0 Å². The molecule has 4 rings (SSSR count). The minimum absolute atomic E-state index is 0.106. The monoisotopic (exact) mass is 423 g/mol. The highest BCUT2D eigenvalue weighted by Gasteiger charge is 2.53. The third kappa shape index (κ3) is 4.09. The Hall–Kier alpha value is -2.73. The van der Waals surface area contributed by atoms with Crippen LogP contribution in [-0.2, 0) is 11.2 Å². The zero-order valence-corrected chi connectivity index (χ0v) is 18.2. The molecule has 2 atom stereocenters. The van der Waals surface area contributed by atoms with Crippen molar-refractivity contribution in [3.05, 3.63) is 71.5 Å². The molecule has 2 saturated heterocycles. The second kappa shape index (κ2) is 8.79. The maximum absolute atomic E-state index is 14.1. The Kier molecular flexibility index (Phi) is 6.10.